The van der Waals surface area contributed by atoms with E-state index in [1.807, 2.05) is 20.8 Å². The van der Waals surface area contributed by atoms with Gasteiger partial charge in [0.25, 0.3) is 0 Å². The molecule has 0 amide bonds. The van der Waals surface area contributed by atoms with Crippen molar-refractivity contribution in [3.63, 3.8) is 0 Å². The van der Waals surface area contributed by atoms with E-state index in [9.17, 15) is 4.79 Å². The number of esters is 1. The zero-order valence-electron chi connectivity index (χ0n) is 13.5. The molecule has 1 aromatic rings. The minimum Gasteiger partial charge on any atom is -0.460 e. The summed E-state index contributed by atoms with van der Waals surface area (Å²) >= 11 is 0. The Kier molecular flexibility index (Phi) is 3.70. The van der Waals surface area contributed by atoms with E-state index < -0.39 is 0 Å². The molecule has 2 heteroatoms. The maximum absolute atomic E-state index is 12.0. The van der Waals surface area contributed by atoms with Gasteiger partial charge in [0.05, 0.1) is 5.92 Å². The first-order valence-corrected chi connectivity index (χ1v) is 7.41. The van der Waals surface area contributed by atoms with E-state index in [2.05, 4.69) is 45.0 Å². The second-order valence-electron chi connectivity index (χ2n) is 7.85. The van der Waals surface area contributed by atoms with Gasteiger partial charge >= 0.3 is 5.97 Å². The topological polar surface area (TPSA) is 26.3 Å². The molecule has 1 fully saturated rings. The number of rotatable bonds is 2. The molecule has 2 atom stereocenters. The molecule has 0 N–H and O–H groups in total. The standard InChI is InChI=1S/C18H26O2/c1-17(2,3)13-9-7-12(8-10-13)14-11-15(14)16(19)20-18(4,5)6/h7-10,14-15H,11H2,1-6H3/t14-,15-/m1/s1. The fraction of sp³-hybridized carbons (Fsp3) is 0.611. The van der Waals surface area contributed by atoms with Crippen molar-refractivity contribution in [3.8, 4) is 0 Å². The summed E-state index contributed by atoms with van der Waals surface area (Å²) in [6.07, 6.45) is 0.920. The Morgan fingerprint density at radius 1 is 1.05 bits per heavy atom. The van der Waals surface area contributed by atoms with Gasteiger partial charge in [-0.1, -0.05) is 45.0 Å². The lowest BCUT2D eigenvalue weighted by atomic mass is 9.86. The molecule has 0 radical (unpaired) electrons. The van der Waals surface area contributed by atoms with Gasteiger partial charge < -0.3 is 4.74 Å². The maximum Gasteiger partial charge on any atom is 0.310 e. The van der Waals surface area contributed by atoms with Crippen LogP contribution >= 0.6 is 0 Å². The van der Waals surface area contributed by atoms with Crippen LogP contribution in [0.25, 0.3) is 0 Å². The van der Waals surface area contributed by atoms with Crippen LogP contribution in [-0.4, -0.2) is 11.6 Å². The third-order valence-corrected chi connectivity index (χ3v) is 3.70. The van der Waals surface area contributed by atoms with Crippen molar-refractivity contribution in [1.29, 1.82) is 0 Å². The fourth-order valence-electron chi connectivity index (χ4n) is 2.43. The second kappa shape index (κ2) is 4.91. The summed E-state index contributed by atoms with van der Waals surface area (Å²) in [7, 11) is 0. The van der Waals surface area contributed by atoms with E-state index in [0.29, 0.717) is 5.92 Å². The first kappa shape index (κ1) is 15.1. The summed E-state index contributed by atoms with van der Waals surface area (Å²) in [5.41, 5.74) is 2.37. The third-order valence-electron chi connectivity index (χ3n) is 3.70. The van der Waals surface area contributed by atoms with Gasteiger partial charge in [-0.15, -0.1) is 0 Å². The molecule has 0 saturated heterocycles. The molecule has 110 valence electrons. The highest BCUT2D eigenvalue weighted by atomic mass is 16.6. The van der Waals surface area contributed by atoms with E-state index in [4.69, 9.17) is 4.74 Å². The molecule has 0 aromatic heterocycles. The van der Waals surface area contributed by atoms with E-state index in [0.717, 1.165) is 6.42 Å². The third kappa shape index (κ3) is 3.62. The van der Waals surface area contributed by atoms with Gasteiger partial charge in [0.1, 0.15) is 5.60 Å². The summed E-state index contributed by atoms with van der Waals surface area (Å²) in [5, 5.41) is 0. The minimum absolute atomic E-state index is 0.0507. The van der Waals surface area contributed by atoms with Gasteiger partial charge in [0.15, 0.2) is 0 Å². The Labute approximate surface area is 122 Å². The van der Waals surface area contributed by atoms with E-state index in [1.54, 1.807) is 0 Å². The predicted molar refractivity (Wildman–Crippen MR) is 81.8 cm³/mol. The van der Waals surface area contributed by atoms with Gasteiger partial charge in [0, 0.05) is 0 Å². The largest absolute Gasteiger partial charge is 0.460 e. The molecule has 1 aliphatic carbocycles. The first-order valence-electron chi connectivity index (χ1n) is 7.41. The Morgan fingerprint density at radius 2 is 1.60 bits per heavy atom. The van der Waals surface area contributed by atoms with Crippen molar-refractivity contribution in [3.05, 3.63) is 35.4 Å². The van der Waals surface area contributed by atoms with Crippen molar-refractivity contribution < 1.29 is 9.53 Å². The van der Waals surface area contributed by atoms with Crippen LogP contribution in [0.3, 0.4) is 0 Å². The highest BCUT2D eigenvalue weighted by Gasteiger charge is 2.46. The van der Waals surface area contributed by atoms with Crippen LogP contribution in [0, 0.1) is 5.92 Å². The van der Waals surface area contributed by atoms with E-state index in [-0.39, 0.29) is 22.9 Å². The molecule has 2 rings (SSSR count). The Morgan fingerprint density at radius 3 is 2.05 bits per heavy atom. The summed E-state index contributed by atoms with van der Waals surface area (Å²) < 4.78 is 5.45. The number of ether oxygens (including phenoxy) is 1. The molecule has 1 saturated carbocycles. The lowest BCUT2D eigenvalue weighted by Gasteiger charge is -2.20. The van der Waals surface area contributed by atoms with Crippen LogP contribution in [0.2, 0.25) is 0 Å². The molecule has 0 spiro atoms. The summed E-state index contributed by atoms with van der Waals surface area (Å²) in [6, 6.07) is 8.69. The number of carbonyl (C=O) groups excluding carboxylic acids is 1. The van der Waals surface area contributed by atoms with Crippen molar-refractivity contribution in [2.24, 2.45) is 5.92 Å². The fourth-order valence-corrected chi connectivity index (χ4v) is 2.43. The van der Waals surface area contributed by atoms with Gasteiger partial charge in [-0.25, -0.2) is 0 Å². The molecule has 0 bridgehead atoms. The van der Waals surface area contributed by atoms with Gasteiger partial charge in [0.2, 0.25) is 0 Å². The van der Waals surface area contributed by atoms with Crippen molar-refractivity contribution >= 4 is 5.97 Å². The summed E-state index contributed by atoms with van der Waals surface area (Å²) in [6.45, 7) is 12.4. The van der Waals surface area contributed by atoms with Crippen molar-refractivity contribution in [2.75, 3.05) is 0 Å². The SMILES string of the molecule is CC(C)(C)OC(=O)[C@@H]1C[C@@H]1c1ccc(C(C)(C)C)cc1. The highest BCUT2D eigenvalue weighted by Crippen LogP contribution is 2.48. The predicted octanol–water partition coefficient (Wildman–Crippen LogP) is 4.43. The van der Waals surface area contributed by atoms with Crippen LogP contribution in [0.1, 0.15) is 65.0 Å². The molecule has 1 aliphatic rings. The molecular weight excluding hydrogens is 248 g/mol. The Bertz CT molecular complexity index is 486. The normalized spacial score (nSPS) is 22.5. The average molecular weight is 274 g/mol. The van der Waals surface area contributed by atoms with Gasteiger partial charge in [-0.3, -0.25) is 4.79 Å². The second-order valence-corrected chi connectivity index (χ2v) is 7.85. The lowest BCUT2D eigenvalue weighted by Crippen LogP contribution is -2.25. The highest BCUT2D eigenvalue weighted by molar-refractivity contribution is 5.77. The zero-order chi connectivity index (χ0) is 15.1. The smallest absolute Gasteiger partial charge is 0.310 e. The van der Waals surface area contributed by atoms with E-state index in [1.165, 1.54) is 11.1 Å². The average Bonchev–Trinajstić information content (AvgIpc) is 3.05. The van der Waals surface area contributed by atoms with Crippen LogP contribution in [0.5, 0.6) is 0 Å². The molecule has 0 heterocycles. The van der Waals surface area contributed by atoms with Gasteiger partial charge in [-0.2, -0.15) is 0 Å². The van der Waals surface area contributed by atoms with Gasteiger partial charge in [-0.05, 0) is 49.7 Å². The van der Waals surface area contributed by atoms with Crippen LogP contribution in [-0.2, 0) is 14.9 Å². The van der Waals surface area contributed by atoms with Crippen molar-refractivity contribution in [2.45, 2.75) is 64.9 Å². The first-order chi connectivity index (χ1) is 9.08. The van der Waals surface area contributed by atoms with E-state index >= 15 is 0 Å². The number of benzene rings is 1. The quantitative estimate of drug-likeness (QED) is 0.746. The number of hydrogen-bond acceptors (Lipinski definition) is 2. The van der Waals surface area contributed by atoms with Crippen molar-refractivity contribution in [1.82, 2.24) is 0 Å². The molecule has 0 unspecified atom stereocenters. The summed E-state index contributed by atoms with van der Waals surface area (Å²) in [4.78, 5) is 12.0. The lowest BCUT2D eigenvalue weighted by molar-refractivity contribution is -0.156. The maximum atomic E-state index is 12.0. The number of hydrogen-bond donors (Lipinski definition) is 0. The molecule has 1 aromatic carbocycles. The summed E-state index contributed by atoms with van der Waals surface area (Å²) in [5.74, 6) is 0.343. The van der Waals surface area contributed by atoms with Crippen LogP contribution in [0.15, 0.2) is 24.3 Å². The molecule has 0 aliphatic heterocycles. The zero-order valence-corrected chi connectivity index (χ0v) is 13.5. The Balaban J connectivity index is 2.00. The monoisotopic (exact) mass is 274 g/mol. The molecular formula is C18H26O2. The molecule has 2 nitrogen and oxygen atoms in total. The number of carbonyl (C=O) groups is 1. The molecule has 20 heavy (non-hydrogen) atoms. The van der Waals surface area contributed by atoms with Crippen LogP contribution in [0.4, 0.5) is 0 Å². The minimum atomic E-state index is -0.389. The van der Waals surface area contributed by atoms with Crippen LogP contribution < -0.4 is 0 Å². The Hall–Kier alpha value is -1.31.